The molecule has 1 aromatic carbocycles. The van der Waals surface area contributed by atoms with Crippen molar-refractivity contribution in [3.63, 3.8) is 0 Å². The summed E-state index contributed by atoms with van der Waals surface area (Å²) in [5, 5.41) is 11.1. The number of amides is 1. The number of carbonyl (C=O) groups is 2. The number of nitrogens with zero attached hydrogens (tertiary/aromatic N) is 1. The Labute approximate surface area is 159 Å². The molecule has 15 heteroatoms. The van der Waals surface area contributed by atoms with Crippen molar-refractivity contribution in [3.8, 4) is 11.5 Å². The second kappa shape index (κ2) is 7.88. The maximum atomic E-state index is 13.7. The lowest BCUT2D eigenvalue weighted by molar-refractivity contribution is -0.266. The fourth-order valence-corrected chi connectivity index (χ4v) is 2.92. The molecule has 1 aliphatic rings. The first-order valence-corrected chi connectivity index (χ1v) is 8.89. The van der Waals surface area contributed by atoms with Crippen molar-refractivity contribution < 1.29 is 58.7 Å². The van der Waals surface area contributed by atoms with Gasteiger partial charge in [-0.05, 0) is 0 Å². The molecule has 0 bridgehead atoms. The first-order valence-electron chi connectivity index (χ1n) is 7.48. The van der Waals surface area contributed by atoms with E-state index in [0.717, 1.165) is 7.11 Å². The summed E-state index contributed by atoms with van der Waals surface area (Å²) >= 11 is 0. The van der Waals surface area contributed by atoms with Gasteiger partial charge in [-0.15, -0.1) is 0 Å². The van der Waals surface area contributed by atoms with Crippen molar-refractivity contribution in [3.05, 3.63) is 23.8 Å². The number of esters is 1. The van der Waals surface area contributed by atoms with Crippen LogP contribution in [-0.2, 0) is 19.6 Å². The summed E-state index contributed by atoms with van der Waals surface area (Å²) in [7, 11) is -5.30. The zero-order chi connectivity index (χ0) is 22.1. The maximum Gasteiger partial charge on any atom is 0.534 e. The molecule has 29 heavy (non-hydrogen) atoms. The molecule has 1 heterocycles. The number of carboxylic acid groups (broad SMARTS) is 1. The van der Waals surface area contributed by atoms with Gasteiger partial charge in [-0.25, -0.2) is 9.18 Å². The van der Waals surface area contributed by atoms with Crippen LogP contribution in [0.1, 0.15) is 6.42 Å². The lowest BCUT2D eigenvalue weighted by Crippen LogP contribution is -2.47. The molecule has 2 atom stereocenters. The van der Waals surface area contributed by atoms with Gasteiger partial charge >= 0.3 is 21.6 Å². The van der Waals surface area contributed by atoms with Crippen LogP contribution in [0.5, 0.6) is 11.5 Å². The molecule has 0 saturated carbocycles. The topological polar surface area (TPSA) is 122 Å². The third-order valence-electron chi connectivity index (χ3n) is 3.72. The Balaban J connectivity index is 2.27. The highest BCUT2D eigenvalue weighted by Crippen LogP contribution is 2.33. The van der Waals surface area contributed by atoms with Crippen LogP contribution in [0.2, 0.25) is 0 Å². The van der Waals surface area contributed by atoms with Gasteiger partial charge in [0.05, 0.1) is 13.7 Å². The number of hydrogen-bond donors (Lipinski definition) is 0. The lowest BCUT2D eigenvalue weighted by atomic mass is 10.2. The number of rotatable bonds is 5. The van der Waals surface area contributed by atoms with Crippen LogP contribution in [0.25, 0.3) is 0 Å². The summed E-state index contributed by atoms with van der Waals surface area (Å²) in [5.74, 6) is -7.08. The number of ether oxygens (including phenoxy) is 2. The molecule has 0 N–H and O–H groups in total. The van der Waals surface area contributed by atoms with Gasteiger partial charge in [0.25, 0.3) is 0 Å². The van der Waals surface area contributed by atoms with E-state index in [2.05, 4.69) is 8.92 Å². The number of hydrogen-bond acceptors (Lipinski definition) is 8. The summed E-state index contributed by atoms with van der Waals surface area (Å²) < 4.78 is 99.6. The molecule has 1 fully saturated rings. The highest BCUT2D eigenvalue weighted by molar-refractivity contribution is 7.88. The molecule has 0 aliphatic carbocycles. The van der Waals surface area contributed by atoms with E-state index in [9.17, 15) is 45.1 Å². The van der Waals surface area contributed by atoms with E-state index in [4.69, 9.17) is 4.74 Å². The van der Waals surface area contributed by atoms with Crippen molar-refractivity contribution in [2.24, 2.45) is 0 Å². The third-order valence-corrected chi connectivity index (χ3v) is 4.69. The fraction of sp³-hybridized carbons (Fsp3) is 0.429. The number of carbonyl (C=O) groups excluding carboxylic acids is 2. The van der Waals surface area contributed by atoms with E-state index < -0.39 is 69.5 Å². The van der Waals surface area contributed by atoms with Crippen molar-refractivity contribution in [1.29, 1.82) is 0 Å². The van der Waals surface area contributed by atoms with Crippen LogP contribution in [-0.4, -0.2) is 56.7 Å². The van der Waals surface area contributed by atoms with Crippen molar-refractivity contribution in [2.45, 2.75) is 24.1 Å². The SMILES string of the molecule is COC(=O)[C@@H]1C[C@H](Oc2cc(F)c(F)c(OS(=O)(=O)C(F)(F)F)c2)CN1C(=O)[O-]. The van der Waals surface area contributed by atoms with Gasteiger partial charge in [-0.3, -0.25) is 0 Å². The van der Waals surface area contributed by atoms with Crippen molar-refractivity contribution in [2.75, 3.05) is 13.7 Å². The van der Waals surface area contributed by atoms with Gasteiger partial charge in [0.15, 0.2) is 11.6 Å². The first-order chi connectivity index (χ1) is 13.3. The Morgan fingerprint density at radius 2 is 1.86 bits per heavy atom. The number of benzene rings is 1. The summed E-state index contributed by atoms with van der Waals surface area (Å²) in [5.41, 5.74) is -5.90. The lowest BCUT2D eigenvalue weighted by Gasteiger charge is -2.24. The highest BCUT2D eigenvalue weighted by Gasteiger charge is 2.49. The number of alkyl halides is 3. The molecule has 1 aromatic rings. The third kappa shape index (κ3) is 4.78. The van der Waals surface area contributed by atoms with Crippen LogP contribution < -0.4 is 14.0 Å². The van der Waals surface area contributed by atoms with Crippen molar-refractivity contribution >= 4 is 22.2 Å². The second-order valence-corrected chi connectivity index (χ2v) is 7.17. The molecule has 0 aromatic heterocycles. The minimum atomic E-state index is -6.30. The molecule has 0 unspecified atom stereocenters. The molecule has 9 nitrogen and oxygen atoms in total. The molecule has 0 spiro atoms. The molecule has 162 valence electrons. The monoisotopic (exact) mass is 448 g/mol. The van der Waals surface area contributed by atoms with Gasteiger partial charge in [-0.1, -0.05) is 0 Å². The summed E-state index contributed by atoms with van der Waals surface area (Å²) in [6, 6.07) is -0.630. The first kappa shape index (κ1) is 22.4. The quantitative estimate of drug-likeness (QED) is 0.277. The fourth-order valence-electron chi connectivity index (χ4n) is 2.47. The minimum Gasteiger partial charge on any atom is -0.530 e. The Morgan fingerprint density at radius 1 is 1.24 bits per heavy atom. The number of methoxy groups -OCH3 is 1. The molecule has 1 saturated heterocycles. The van der Waals surface area contributed by atoms with E-state index in [1.807, 2.05) is 0 Å². The molecule has 1 amide bonds. The summed E-state index contributed by atoms with van der Waals surface area (Å²) in [6.45, 7) is -0.474. The Kier molecular flexibility index (Phi) is 6.10. The predicted molar refractivity (Wildman–Crippen MR) is 78.9 cm³/mol. The van der Waals surface area contributed by atoms with Gasteiger partial charge in [0.2, 0.25) is 5.82 Å². The van der Waals surface area contributed by atoms with E-state index in [0.29, 0.717) is 17.0 Å². The highest BCUT2D eigenvalue weighted by atomic mass is 32.2. The van der Waals surface area contributed by atoms with Gasteiger partial charge in [0.1, 0.15) is 24.0 Å². The van der Waals surface area contributed by atoms with Gasteiger partial charge < -0.3 is 28.5 Å². The molecular weight excluding hydrogens is 437 g/mol. The average Bonchev–Trinajstić information content (AvgIpc) is 3.01. The molecule has 0 radical (unpaired) electrons. The normalized spacial score (nSPS) is 19.7. The van der Waals surface area contributed by atoms with Crippen LogP contribution in [0, 0.1) is 11.6 Å². The molecular formula is C14H11F5NO8S-. The Bertz CT molecular complexity index is 919. The standard InChI is InChI=1S/C14H12F5NO8S/c1-26-12(21)9-3-7(5-20(9)13(22)23)27-6-2-8(15)11(16)10(4-6)28-29(24,25)14(17,18)19/h2,4,7,9H,3,5H2,1H3,(H,22,23)/p-1/t7-,9-/m0/s1. The van der Waals surface area contributed by atoms with Crippen LogP contribution in [0.4, 0.5) is 26.7 Å². The zero-order valence-electron chi connectivity index (χ0n) is 14.2. The predicted octanol–water partition coefficient (Wildman–Crippen LogP) is 0.531. The second-order valence-electron chi connectivity index (χ2n) is 5.63. The van der Waals surface area contributed by atoms with Crippen LogP contribution in [0.3, 0.4) is 0 Å². The number of halogens is 5. The van der Waals surface area contributed by atoms with Gasteiger partial charge in [-0.2, -0.15) is 26.0 Å². The van der Waals surface area contributed by atoms with Crippen molar-refractivity contribution in [1.82, 2.24) is 4.90 Å². The molecule has 1 aliphatic heterocycles. The van der Waals surface area contributed by atoms with E-state index in [-0.39, 0.29) is 6.42 Å². The van der Waals surface area contributed by atoms with E-state index in [1.54, 1.807) is 0 Å². The van der Waals surface area contributed by atoms with Crippen LogP contribution in [0.15, 0.2) is 12.1 Å². The number of likely N-dealkylation sites (tertiary alicyclic amines) is 1. The Morgan fingerprint density at radius 3 is 2.38 bits per heavy atom. The maximum absolute atomic E-state index is 13.7. The zero-order valence-corrected chi connectivity index (χ0v) is 15.1. The Hall–Kier alpha value is -2.84. The largest absolute Gasteiger partial charge is 0.534 e. The van der Waals surface area contributed by atoms with Gasteiger partial charge in [0, 0.05) is 18.6 Å². The van der Waals surface area contributed by atoms with E-state index >= 15 is 0 Å². The smallest absolute Gasteiger partial charge is 0.530 e. The summed E-state index contributed by atoms with van der Waals surface area (Å²) in [6.07, 6.45) is -3.21. The summed E-state index contributed by atoms with van der Waals surface area (Å²) in [4.78, 5) is 23.2. The molecule has 2 rings (SSSR count). The minimum absolute atomic E-state index is 0.309. The van der Waals surface area contributed by atoms with Crippen LogP contribution >= 0.6 is 0 Å². The average molecular weight is 448 g/mol. The van der Waals surface area contributed by atoms with E-state index in [1.165, 1.54) is 0 Å².